The van der Waals surface area contributed by atoms with Gasteiger partial charge in [0.1, 0.15) is 5.75 Å². The molecular weight excluding hydrogens is 350 g/mol. The molecule has 0 saturated carbocycles. The van der Waals surface area contributed by atoms with Gasteiger partial charge in [-0.15, -0.1) is 0 Å². The molecule has 6 heteroatoms. The van der Waals surface area contributed by atoms with Gasteiger partial charge >= 0.3 is 0 Å². The monoisotopic (exact) mass is 377 g/mol. The first-order valence-electron chi connectivity index (χ1n) is 9.38. The third-order valence-corrected chi connectivity index (χ3v) is 4.48. The molecule has 0 aliphatic rings. The van der Waals surface area contributed by atoms with Gasteiger partial charge in [-0.3, -0.25) is 4.99 Å². The van der Waals surface area contributed by atoms with Crippen LogP contribution in [0.4, 0.5) is 0 Å². The molecule has 1 heterocycles. The number of hydrogen-bond donors (Lipinski definition) is 2. The van der Waals surface area contributed by atoms with Crippen LogP contribution in [0.15, 0.2) is 72.2 Å². The molecule has 146 valence electrons. The lowest BCUT2D eigenvalue weighted by Crippen LogP contribution is -2.37. The van der Waals surface area contributed by atoms with E-state index in [-0.39, 0.29) is 0 Å². The minimum absolute atomic E-state index is 0.714. The van der Waals surface area contributed by atoms with E-state index in [2.05, 4.69) is 55.5 Å². The Morgan fingerprint density at radius 3 is 2.75 bits per heavy atom. The summed E-state index contributed by atoms with van der Waals surface area (Å²) in [6.45, 7) is 2.31. The number of aromatic nitrogens is 2. The van der Waals surface area contributed by atoms with E-state index in [1.165, 1.54) is 16.7 Å². The maximum Gasteiger partial charge on any atom is 0.191 e. The smallest absolute Gasteiger partial charge is 0.191 e. The number of aliphatic imine (C=N–C) groups is 1. The molecule has 0 aliphatic heterocycles. The minimum Gasteiger partial charge on any atom is -0.496 e. The second-order valence-corrected chi connectivity index (χ2v) is 6.47. The number of rotatable bonds is 8. The minimum atomic E-state index is 0.714. The first-order valence-corrected chi connectivity index (χ1v) is 9.38. The summed E-state index contributed by atoms with van der Waals surface area (Å²) in [5, 5.41) is 6.74. The zero-order chi connectivity index (χ0) is 19.6. The molecule has 6 nitrogen and oxygen atoms in total. The summed E-state index contributed by atoms with van der Waals surface area (Å²) in [5.74, 6) is 1.71. The highest BCUT2D eigenvalue weighted by atomic mass is 16.5. The van der Waals surface area contributed by atoms with E-state index < -0.39 is 0 Å². The first-order chi connectivity index (χ1) is 13.8. The molecule has 3 rings (SSSR count). The zero-order valence-electron chi connectivity index (χ0n) is 16.4. The van der Waals surface area contributed by atoms with Crippen LogP contribution in [-0.4, -0.2) is 36.2 Å². The Bertz CT molecular complexity index is 889. The molecule has 28 heavy (non-hydrogen) atoms. The van der Waals surface area contributed by atoms with E-state index in [4.69, 9.17) is 4.74 Å². The van der Waals surface area contributed by atoms with Crippen molar-refractivity contribution in [2.45, 2.75) is 19.5 Å². The number of ether oxygens (including phenoxy) is 1. The number of nitrogens with zero attached hydrogens (tertiary/aromatic N) is 3. The van der Waals surface area contributed by atoms with Crippen molar-refractivity contribution in [1.82, 2.24) is 20.2 Å². The van der Waals surface area contributed by atoms with Gasteiger partial charge in [0.15, 0.2) is 5.96 Å². The molecule has 2 aromatic carbocycles. The summed E-state index contributed by atoms with van der Waals surface area (Å²) in [7, 11) is 3.49. The van der Waals surface area contributed by atoms with Crippen LogP contribution >= 0.6 is 0 Å². The first kappa shape index (κ1) is 19.5. The Labute approximate surface area is 166 Å². The molecule has 0 radical (unpaired) electrons. The van der Waals surface area contributed by atoms with Gasteiger partial charge in [-0.2, -0.15) is 0 Å². The lowest BCUT2D eigenvalue weighted by atomic mass is 10.1. The van der Waals surface area contributed by atoms with Crippen molar-refractivity contribution in [3.05, 3.63) is 83.9 Å². The Morgan fingerprint density at radius 1 is 1.11 bits per heavy atom. The third kappa shape index (κ3) is 5.61. The van der Waals surface area contributed by atoms with E-state index in [1.807, 2.05) is 30.7 Å². The number of nitrogens with one attached hydrogen (secondary N) is 2. The fourth-order valence-corrected chi connectivity index (χ4v) is 3.06. The van der Waals surface area contributed by atoms with E-state index in [0.717, 1.165) is 31.2 Å². The Balaban J connectivity index is 1.49. The molecule has 0 aliphatic carbocycles. The van der Waals surface area contributed by atoms with Crippen LogP contribution in [0.3, 0.4) is 0 Å². The van der Waals surface area contributed by atoms with Crippen molar-refractivity contribution >= 4 is 5.96 Å². The van der Waals surface area contributed by atoms with Gasteiger partial charge in [-0.1, -0.05) is 42.5 Å². The normalized spacial score (nSPS) is 11.3. The average molecular weight is 377 g/mol. The Morgan fingerprint density at radius 2 is 1.96 bits per heavy atom. The number of hydrogen-bond acceptors (Lipinski definition) is 3. The fraction of sp³-hybridized carbons (Fsp3) is 0.273. The lowest BCUT2D eigenvalue weighted by Gasteiger charge is -2.13. The summed E-state index contributed by atoms with van der Waals surface area (Å²) < 4.78 is 7.46. The number of imidazole rings is 1. The van der Waals surface area contributed by atoms with Gasteiger partial charge < -0.3 is 19.9 Å². The van der Waals surface area contributed by atoms with Crippen LogP contribution < -0.4 is 15.4 Å². The number of methoxy groups -OCH3 is 1. The van der Waals surface area contributed by atoms with Crippen molar-refractivity contribution in [1.29, 1.82) is 0 Å². The largest absolute Gasteiger partial charge is 0.496 e. The van der Waals surface area contributed by atoms with Gasteiger partial charge in [0.2, 0.25) is 0 Å². The predicted molar refractivity (Wildman–Crippen MR) is 113 cm³/mol. The van der Waals surface area contributed by atoms with E-state index >= 15 is 0 Å². The highest BCUT2D eigenvalue weighted by molar-refractivity contribution is 5.79. The van der Waals surface area contributed by atoms with Crippen LogP contribution in [0.2, 0.25) is 0 Å². The molecular formula is C22H27N5O. The summed E-state index contributed by atoms with van der Waals surface area (Å²) in [4.78, 5) is 8.40. The van der Waals surface area contributed by atoms with Crippen molar-refractivity contribution in [2.75, 3.05) is 20.7 Å². The molecule has 0 unspecified atom stereocenters. The molecule has 0 saturated heterocycles. The molecule has 0 bridgehead atoms. The van der Waals surface area contributed by atoms with Crippen molar-refractivity contribution in [3.63, 3.8) is 0 Å². The highest BCUT2D eigenvalue weighted by Gasteiger charge is 2.03. The standard InChI is InChI=1S/C22H27N5O/c1-23-22(25-11-10-20-8-3-4-9-21(20)28-2)26-15-18-6-5-7-19(14-18)16-27-13-12-24-17-27/h3-9,12-14,17H,10-11,15-16H2,1-2H3,(H2,23,25,26). The maximum absolute atomic E-state index is 5.40. The Kier molecular flexibility index (Phi) is 7.07. The molecule has 3 aromatic rings. The summed E-state index contributed by atoms with van der Waals surface area (Å²) in [6, 6.07) is 16.6. The number of guanidine groups is 1. The third-order valence-electron chi connectivity index (χ3n) is 4.48. The lowest BCUT2D eigenvalue weighted by molar-refractivity contribution is 0.409. The van der Waals surface area contributed by atoms with Gasteiger partial charge in [0.05, 0.1) is 13.4 Å². The van der Waals surface area contributed by atoms with Gasteiger partial charge in [0.25, 0.3) is 0 Å². The second kappa shape index (κ2) is 10.2. The van der Waals surface area contributed by atoms with Gasteiger partial charge in [-0.25, -0.2) is 4.98 Å². The molecule has 0 amide bonds. The van der Waals surface area contributed by atoms with Crippen LogP contribution in [0.25, 0.3) is 0 Å². The Hall–Kier alpha value is -3.28. The number of para-hydroxylation sites is 1. The van der Waals surface area contributed by atoms with Crippen molar-refractivity contribution in [3.8, 4) is 5.75 Å². The summed E-state index contributed by atoms with van der Waals surface area (Å²) >= 11 is 0. The van der Waals surface area contributed by atoms with Crippen molar-refractivity contribution in [2.24, 2.45) is 4.99 Å². The number of benzene rings is 2. The summed E-state index contributed by atoms with van der Waals surface area (Å²) in [6.07, 6.45) is 6.47. The van der Waals surface area contributed by atoms with E-state index in [0.29, 0.717) is 6.54 Å². The maximum atomic E-state index is 5.40. The van der Waals surface area contributed by atoms with Crippen LogP contribution in [-0.2, 0) is 19.5 Å². The van der Waals surface area contributed by atoms with E-state index in [1.54, 1.807) is 20.4 Å². The highest BCUT2D eigenvalue weighted by Crippen LogP contribution is 2.17. The summed E-state index contributed by atoms with van der Waals surface area (Å²) in [5.41, 5.74) is 3.64. The molecule has 0 atom stereocenters. The van der Waals surface area contributed by atoms with Crippen LogP contribution in [0.5, 0.6) is 5.75 Å². The fourth-order valence-electron chi connectivity index (χ4n) is 3.06. The average Bonchev–Trinajstić information content (AvgIpc) is 3.24. The zero-order valence-corrected chi connectivity index (χ0v) is 16.4. The topological polar surface area (TPSA) is 63.5 Å². The predicted octanol–water partition coefficient (Wildman–Crippen LogP) is 2.85. The second-order valence-electron chi connectivity index (χ2n) is 6.47. The van der Waals surface area contributed by atoms with E-state index in [9.17, 15) is 0 Å². The SMILES string of the molecule is CN=C(NCCc1ccccc1OC)NCc1cccc(Cn2ccnc2)c1. The van der Waals surface area contributed by atoms with Gasteiger partial charge in [-0.05, 0) is 29.2 Å². The molecule has 0 fully saturated rings. The van der Waals surface area contributed by atoms with Gasteiger partial charge in [0, 0.05) is 39.1 Å². The molecule has 1 aromatic heterocycles. The van der Waals surface area contributed by atoms with Crippen molar-refractivity contribution < 1.29 is 4.74 Å². The quantitative estimate of drug-likeness (QED) is 0.468. The molecule has 0 spiro atoms. The van der Waals surface area contributed by atoms with Crippen LogP contribution in [0.1, 0.15) is 16.7 Å². The van der Waals surface area contributed by atoms with Crippen LogP contribution in [0, 0.1) is 0 Å². The molecule has 2 N–H and O–H groups in total.